The van der Waals surface area contributed by atoms with E-state index in [4.69, 9.17) is 9.47 Å². The molecule has 0 aliphatic rings. The first kappa shape index (κ1) is 26.2. The van der Waals surface area contributed by atoms with Crippen LogP contribution in [0.4, 0.5) is 18.0 Å². The summed E-state index contributed by atoms with van der Waals surface area (Å²) in [6.45, 7) is 6.11. The molecule has 174 valence electrons. The van der Waals surface area contributed by atoms with E-state index in [0.29, 0.717) is 0 Å². The highest BCUT2D eigenvalue weighted by Crippen LogP contribution is 2.42. The van der Waals surface area contributed by atoms with Crippen molar-refractivity contribution in [3.05, 3.63) is 35.9 Å². The fraction of sp³-hybridized carbons (Fsp3) is 0.550. The minimum atomic E-state index is -5.17. The second-order valence-corrected chi connectivity index (χ2v) is 7.66. The zero-order chi connectivity index (χ0) is 24.0. The van der Waals surface area contributed by atoms with Crippen LogP contribution in [-0.2, 0) is 29.4 Å². The Morgan fingerprint density at radius 3 is 1.94 bits per heavy atom. The minimum absolute atomic E-state index is 0.487. The number of alkyl carbamates (subject to hydrolysis) is 1. The molecule has 31 heavy (non-hydrogen) atoms. The summed E-state index contributed by atoms with van der Waals surface area (Å²) < 4.78 is 56.5. The smallest absolute Gasteiger partial charge is 0.430 e. The Morgan fingerprint density at radius 1 is 0.968 bits per heavy atom. The Labute approximate surface area is 178 Å². The molecule has 11 heteroatoms. The highest BCUT2D eigenvalue weighted by atomic mass is 19.4. The molecule has 0 saturated carbocycles. The van der Waals surface area contributed by atoms with Crippen molar-refractivity contribution in [3.63, 3.8) is 0 Å². The average molecular weight is 448 g/mol. The van der Waals surface area contributed by atoms with Gasteiger partial charge in [0.15, 0.2) is 0 Å². The van der Waals surface area contributed by atoms with Crippen LogP contribution in [0, 0.1) is 0 Å². The van der Waals surface area contributed by atoms with Gasteiger partial charge in [-0.25, -0.2) is 9.59 Å². The van der Waals surface area contributed by atoms with E-state index in [0.717, 1.165) is 26.4 Å². The lowest BCUT2D eigenvalue weighted by atomic mass is 9.91. The number of esters is 1. The van der Waals surface area contributed by atoms with Crippen LogP contribution in [0.2, 0.25) is 0 Å². The first-order valence-corrected chi connectivity index (χ1v) is 9.25. The van der Waals surface area contributed by atoms with Crippen LogP contribution >= 0.6 is 0 Å². The molecule has 0 spiro atoms. The van der Waals surface area contributed by atoms with Gasteiger partial charge in [-0.05, 0) is 27.7 Å². The number of alkyl halides is 3. The topological polar surface area (TPSA) is 103 Å². The molecule has 8 nitrogen and oxygen atoms in total. The van der Waals surface area contributed by atoms with E-state index >= 15 is 0 Å². The third-order valence-electron chi connectivity index (χ3n) is 4.19. The second-order valence-electron chi connectivity index (χ2n) is 7.66. The van der Waals surface area contributed by atoms with Crippen molar-refractivity contribution in [2.24, 2.45) is 0 Å². The van der Waals surface area contributed by atoms with E-state index in [1.165, 1.54) is 25.1 Å². The summed E-state index contributed by atoms with van der Waals surface area (Å²) in [7, 11) is 1.72. The maximum atomic E-state index is 14.1. The number of rotatable bonds is 7. The molecule has 2 N–H and O–H groups in total. The standard InChI is InChI=1S/C20H27F3N2O6/c1-12(24-17(28)31-18(2,3)4)14(15(26)29-5)25-16(27)19(30-6,20(21,22)23)13-10-8-7-9-11-13/h7-12,14H,1-6H3,(H,24,28)(H,25,27)/t12-,14+,19+/m0/s1. The van der Waals surface area contributed by atoms with Crippen molar-refractivity contribution in [1.82, 2.24) is 10.6 Å². The number of carbonyl (C=O) groups is 3. The summed E-state index contributed by atoms with van der Waals surface area (Å²) in [6, 6.07) is 3.41. The zero-order valence-corrected chi connectivity index (χ0v) is 18.1. The highest BCUT2D eigenvalue weighted by molar-refractivity contribution is 5.92. The average Bonchev–Trinajstić information content (AvgIpc) is 2.64. The van der Waals surface area contributed by atoms with Crippen molar-refractivity contribution in [2.45, 2.75) is 57.2 Å². The molecule has 1 aromatic carbocycles. The number of nitrogens with one attached hydrogen (secondary N) is 2. The van der Waals surface area contributed by atoms with E-state index in [2.05, 4.69) is 10.1 Å². The summed E-state index contributed by atoms with van der Waals surface area (Å²) >= 11 is 0. The van der Waals surface area contributed by atoms with E-state index in [1.54, 1.807) is 20.8 Å². The molecule has 0 radical (unpaired) electrons. The van der Waals surface area contributed by atoms with Crippen LogP contribution < -0.4 is 10.6 Å². The van der Waals surface area contributed by atoms with Gasteiger partial charge in [-0.3, -0.25) is 4.79 Å². The predicted octanol–water partition coefficient (Wildman–Crippen LogP) is 2.66. The minimum Gasteiger partial charge on any atom is -0.467 e. The zero-order valence-electron chi connectivity index (χ0n) is 18.1. The van der Waals surface area contributed by atoms with E-state index in [9.17, 15) is 27.6 Å². The molecule has 2 amide bonds. The summed E-state index contributed by atoms with van der Waals surface area (Å²) in [6.07, 6.45) is -6.10. The summed E-state index contributed by atoms with van der Waals surface area (Å²) in [4.78, 5) is 37.1. The largest absolute Gasteiger partial charge is 0.467 e. The Kier molecular flexibility index (Phi) is 8.45. The quantitative estimate of drug-likeness (QED) is 0.622. The first-order valence-electron chi connectivity index (χ1n) is 9.25. The van der Waals surface area contributed by atoms with Gasteiger partial charge in [0.1, 0.15) is 11.6 Å². The van der Waals surface area contributed by atoms with Crippen molar-refractivity contribution in [1.29, 1.82) is 0 Å². The molecule has 0 bridgehead atoms. The van der Waals surface area contributed by atoms with E-state index < -0.39 is 53.0 Å². The van der Waals surface area contributed by atoms with Crippen molar-refractivity contribution in [2.75, 3.05) is 14.2 Å². The number of hydrogen-bond donors (Lipinski definition) is 2. The molecule has 0 aliphatic carbocycles. The van der Waals surface area contributed by atoms with Crippen LogP contribution in [0.5, 0.6) is 0 Å². The van der Waals surface area contributed by atoms with E-state index in [1.807, 2.05) is 5.32 Å². The van der Waals surface area contributed by atoms with E-state index in [-0.39, 0.29) is 0 Å². The molecule has 0 unspecified atom stereocenters. The monoisotopic (exact) mass is 448 g/mol. The number of amides is 2. The highest BCUT2D eigenvalue weighted by Gasteiger charge is 2.63. The van der Waals surface area contributed by atoms with Gasteiger partial charge in [0.25, 0.3) is 11.5 Å². The van der Waals surface area contributed by atoms with Gasteiger partial charge in [-0.15, -0.1) is 0 Å². The van der Waals surface area contributed by atoms with Crippen LogP contribution in [0.1, 0.15) is 33.3 Å². The van der Waals surface area contributed by atoms with Crippen molar-refractivity contribution >= 4 is 18.0 Å². The number of benzene rings is 1. The Bertz CT molecular complexity index is 779. The molecule has 1 aromatic rings. The van der Waals surface area contributed by atoms with Gasteiger partial charge in [-0.2, -0.15) is 13.2 Å². The first-order chi connectivity index (χ1) is 14.2. The Hall–Kier alpha value is -2.82. The lowest BCUT2D eigenvalue weighted by Crippen LogP contribution is -2.62. The third kappa shape index (κ3) is 6.33. The molecule has 0 heterocycles. The molecule has 0 fully saturated rings. The van der Waals surface area contributed by atoms with Gasteiger partial charge >= 0.3 is 18.2 Å². The lowest BCUT2D eigenvalue weighted by molar-refractivity contribution is -0.266. The Morgan fingerprint density at radius 2 is 1.52 bits per heavy atom. The second kappa shape index (κ2) is 9.99. The van der Waals surface area contributed by atoms with Crippen LogP contribution in [-0.4, -0.2) is 56.1 Å². The summed E-state index contributed by atoms with van der Waals surface area (Å²) in [5.41, 5.74) is -4.74. The van der Waals surface area contributed by atoms with Gasteiger partial charge < -0.3 is 24.8 Å². The molecular formula is C20H27F3N2O6. The predicted molar refractivity (Wildman–Crippen MR) is 104 cm³/mol. The van der Waals surface area contributed by atoms with Gasteiger partial charge in [-0.1, -0.05) is 30.3 Å². The lowest BCUT2D eigenvalue weighted by Gasteiger charge is -2.35. The molecule has 1 rings (SSSR count). The fourth-order valence-electron chi connectivity index (χ4n) is 2.76. The van der Waals surface area contributed by atoms with Crippen molar-refractivity contribution < 1.29 is 41.8 Å². The molecule has 3 atom stereocenters. The Balaban J connectivity index is 3.27. The molecule has 0 saturated heterocycles. The summed E-state index contributed by atoms with van der Waals surface area (Å²) in [5.74, 6) is -2.72. The number of halogens is 3. The van der Waals surface area contributed by atoms with Crippen LogP contribution in [0.25, 0.3) is 0 Å². The normalized spacial score (nSPS) is 15.8. The molecule has 0 aliphatic heterocycles. The molecule has 0 aromatic heterocycles. The van der Waals surface area contributed by atoms with Crippen molar-refractivity contribution in [3.8, 4) is 0 Å². The summed E-state index contributed by atoms with van der Waals surface area (Å²) in [5, 5.41) is 4.31. The molecular weight excluding hydrogens is 421 g/mol. The van der Waals surface area contributed by atoms with Gasteiger partial charge in [0.05, 0.1) is 13.2 Å². The van der Waals surface area contributed by atoms with Crippen LogP contribution in [0.3, 0.4) is 0 Å². The van der Waals surface area contributed by atoms with Crippen LogP contribution in [0.15, 0.2) is 30.3 Å². The third-order valence-corrected chi connectivity index (χ3v) is 4.19. The number of ether oxygens (including phenoxy) is 3. The van der Waals surface area contributed by atoms with Gasteiger partial charge in [0.2, 0.25) is 0 Å². The maximum Gasteiger partial charge on any atom is 0.430 e. The number of hydrogen-bond acceptors (Lipinski definition) is 6. The van der Waals surface area contributed by atoms with Gasteiger partial charge in [0, 0.05) is 12.7 Å². The number of methoxy groups -OCH3 is 2. The maximum absolute atomic E-state index is 14.1. The number of carbonyl (C=O) groups excluding carboxylic acids is 3. The SMILES string of the molecule is COC(=O)[C@H](NC(=O)[C@](OC)(c1ccccc1)C(F)(F)F)[C@H](C)NC(=O)OC(C)(C)C. The fourth-order valence-corrected chi connectivity index (χ4v) is 2.76.